The second kappa shape index (κ2) is 6.09. The number of hydrogen-bond donors (Lipinski definition) is 1. The standard InChI is InChI=1S/C10H19N3S/c1-4-13-10(5-6-12-13)8-11-7-9(2)14-3/h5-6,9,11H,4,7-8H2,1-3H3. The maximum absolute atomic E-state index is 4.22. The van der Waals surface area contributed by atoms with Crippen LogP contribution in [-0.4, -0.2) is 27.8 Å². The van der Waals surface area contributed by atoms with Gasteiger partial charge in [-0.3, -0.25) is 4.68 Å². The highest BCUT2D eigenvalue weighted by atomic mass is 32.2. The molecule has 1 aromatic rings. The lowest BCUT2D eigenvalue weighted by Gasteiger charge is -2.10. The highest BCUT2D eigenvalue weighted by Crippen LogP contribution is 2.03. The van der Waals surface area contributed by atoms with Crippen molar-refractivity contribution in [3.8, 4) is 0 Å². The van der Waals surface area contributed by atoms with Crippen molar-refractivity contribution in [1.82, 2.24) is 15.1 Å². The van der Waals surface area contributed by atoms with Gasteiger partial charge in [0.15, 0.2) is 0 Å². The van der Waals surface area contributed by atoms with Gasteiger partial charge in [0.05, 0.1) is 5.69 Å². The summed E-state index contributed by atoms with van der Waals surface area (Å²) in [5.41, 5.74) is 1.26. The average Bonchev–Trinajstić information content (AvgIpc) is 2.65. The van der Waals surface area contributed by atoms with E-state index in [1.807, 2.05) is 22.6 Å². The third-order valence-electron chi connectivity index (χ3n) is 2.24. The number of aryl methyl sites for hydroxylation is 1. The van der Waals surface area contributed by atoms with Crippen molar-refractivity contribution in [2.24, 2.45) is 0 Å². The molecule has 14 heavy (non-hydrogen) atoms. The number of aromatic nitrogens is 2. The van der Waals surface area contributed by atoms with Gasteiger partial charge in [0.1, 0.15) is 0 Å². The Hall–Kier alpha value is -0.480. The minimum Gasteiger partial charge on any atom is -0.310 e. The fourth-order valence-corrected chi connectivity index (χ4v) is 1.57. The molecule has 1 unspecified atom stereocenters. The van der Waals surface area contributed by atoms with Crippen LogP contribution in [0, 0.1) is 0 Å². The van der Waals surface area contributed by atoms with E-state index in [4.69, 9.17) is 0 Å². The molecule has 0 fully saturated rings. The quantitative estimate of drug-likeness (QED) is 0.780. The predicted molar refractivity (Wildman–Crippen MR) is 62.6 cm³/mol. The monoisotopic (exact) mass is 213 g/mol. The van der Waals surface area contributed by atoms with Crippen molar-refractivity contribution in [3.63, 3.8) is 0 Å². The number of nitrogens with zero attached hydrogens (tertiary/aromatic N) is 2. The van der Waals surface area contributed by atoms with Gasteiger partial charge in [0.2, 0.25) is 0 Å². The minimum atomic E-state index is 0.674. The number of hydrogen-bond acceptors (Lipinski definition) is 3. The highest BCUT2D eigenvalue weighted by Gasteiger charge is 2.01. The lowest BCUT2D eigenvalue weighted by Crippen LogP contribution is -2.23. The molecule has 0 aliphatic heterocycles. The molecule has 0 aliphatic rings. The Labute approximate surface area is 90.3 Å². The Bertz CT molecular complexity index is 260. The van der Waals surface area contributed by atoms with Gasteiger partial charge in [0.25, 0.3) is 0 Å². The van der Waals surface area contributed by atoms with Gasteiger partial charge < -0.3 is 5.32 Å². The lowest BCUT2D eigenvalue weighted by molar-refractivity contribution is 0.582. The van der Waals surface area contributed by atoms with Crippen LogP contribution in [0.15, 0.2) is 12.3 Å². The van der Waals surface area contributed by atoms with E-state index < -0.39 is 0 Å². The Morgan fingerprint density at radius 1 is 1.64 bits per heavy atom. The summed E-state index contributed by atoms with van der Waals surface area (Å²) >= 11 is 1.89. The van der Waals surface area contributed by atoms with Crippen molar-refractivity contribution in [3.05, 3.63) is 18.0 Å². The zero-order valence-corrected chi connectivity index (χ0v) is 9.97. The summed E-state index contributed by atoms with van der Waals surface area (Å²) in [6.07, 6.45) is 4.00. The molecule has 1 aromatic heterocycles. The molecule has 1 rings (SSSR count). The molecule has 3 nitrogen and oxygen atoms in total. The van der Waals surface area contributed by atoms with Crippen molar-refractivity contribution < 1.29 is 0 Å². The van der Waals surface area contributed by atoms with E-state index in [0.717, 1.165) is 19.6 Å². The lowest BCUT2D eigenvalue weighted by atomic mass is 10.4. The molecule has 0 saturated heterocycles. The SMILES string of the molecule is CCn1nccc1CNCC(C)SC. The molecule has 0 radical (unpaired) electrons. The van der Waals surface area contributed by atoms with Crippen LogP contribution in [0.3, 0.4) is 0 Å². The van der Waals surface area contributed by atoms with Crippen LogP contribution in [-0.2, 0) is 13.1 Å². The van der Waals surface area contributed by atoms with Crippen LogP contribution in [0.5, 0.6) is 0 Å². The van der Waals surface area contributed by atoms with Gasteiger partial charge in [-0.15, -0.1) is 0 Å². The fraction of sp³-hybridized carbons (Fsp3) is 0.700. The Balaban J connectivity index is 2.31. The summed E-state index contributed by atoms with van der Waals surface area (Å²) in [5, 5.41) is 8.33. The molecule has 0 bridgehead atoms. The van der Waals surface area contributed by atoms with Crippen LogP contribution in [0.4, 0.5) is 0 Å². The zero-order chi connectivity index (χ0) is 10.4. The minimum absolute atomic E-state index is 0.674. The first kappa shape index (κ1) is 11.6. The van der Waals surface area contributed by atoms with Crippen LogP contribution in [0.25, 0.3) is 0 Å². The first-order valence-corrected chi connectivity index (χ1v) is 6.31. The fourth-order valence-electron chi connectivity index (χ4n) is 1.28. The molecule has 0 amide bonds. The van der Waals surface area contributed by atoms with Crippen LogP contribution < -0.4 is 5.32 Å². The van der Waals surface area contributed by atoms with Crippen molar-refractivity contribution in [1.29, 1.82) is 0 Å². The van der Waals surface area contributed by atoms with Crippen molar-refractivity contribution in [2.75, 3.05) is 12.8 Å². The first-order valence-electron chi connectivity index (χ1n) is 5.02. The third kappa shape index (κ3) is 3.35. The molecule has 1 heterocycles. The summed E-state index contributed by atoms with van der Waals surface area (Å²) in [4.78, 5) is 0. The molecule has 0 aromatic carbocycles. The summed E-state index contributed by atoms with van der Waals surface area (Å²) < 4.78 is 2.02. The molecule has 4 heteroatoms. The van der Waals surface area contributed by atoms with E-state index in [1.165, 1.54) is 5.69 Å². The van der Waals surface area contributed by atoms with E-state index in [-0.39, 0.29) is 0 Å². The Kier molecular flexibility index (Phi) is 5.04. The summed E-state index contributed by atoms with van der Waals surface area (Å²) in [6, 6.07) is 2.07. The Morgan fingerprint density at radius 2 is 2.43 bits per heavy atom. The molecule has 1 atom stereocenters. The topological polar surface area (TPSA) is 29.9 Å². The predicted octanol–water partition coefficient (Wildman–Crippen LogP) is 1.74. The van der Waals surface area contributed by atoms with E-state index in [1.54, 1.807) is 0 Å². The molecule has 0 saturated carbocycles. The normalized spacial score (nSPS) is 13.1. The zero-order valence-electron chi connectivity index (χ0n) is 9.16. The maximum atomic E-state index is 4.22. The molecular weight excluding hydrogens is 194 g/mol. The number of nitrogens with one attached hydrogen (secondary N) is 1. The summed E-state index contributed by atoms with van der Waals surface area (Å²) in [6.45, 7) is 7.26. The molecule has 0 spiro atoms. The van der Waals surface area contributed by atoms with Crippen molar-refractivity contribution in [2.45, 2.75) is 32.2 Å². The summed E-state index contributed by atoms with van der Waals surface area (Å²) in [7, 11) is 0. The number of rotatable bonds is 6. The maximum Gasteiger partial charge on any atom is 0.0521 e. The largest absolute Gasteiger partial charge is 0.310 e. The molecule has 1 N–H and O–H groups in total. The smallest absolute Gasteiger partial charge is 0.0521 e. The van der Waals surface area contributed by atoms with Gasteiger partial charge in [-0.05, 0) is 19.2 Å². The third-order valence-corrected chi connectivity index (χ3v) is 3.22. The second-order valence-corrected chi connectivity index (χ2v) is 4.59. The van der Waals surface area contributed by atoms with Gasteiger partial charge in [0, 0.05) is 31.1 Å². The van der Waals surface area contributed by atoms with E-state index in [9.17, 15) is 0 Å². The van der Waals surface area contributed by atoms with Gasteiger partial charge in [-0.1, -0.05) is 6.92 Å². The molecular formula is C10H19N3S. The van der Waals surface area contributed by atoms with Crippen LogP contribution in [0.1, 0.15) is 19.5 Å². The van der Waals surface area contributed by atoms with Gasteiger partial charge in [-0.2, -0.15) is 16.9 Å². The average molecular weight is 213 g/mol. The van der Waals surface area contributed by atoms with Crippen molar-refractivity contribution >= 4 is 11.8 Å². The first-order chi connectivity index (χ1) is 6.77. The van der Waals surface area contributed by atoms with Crippen LogP contribution in [0.2, 0.25) is 0 Å². The van der Waals surface area contributed by atoms with Gasteiger partial charge in [-0.25, -0.2) is 0 Å². The van der Waals surface area contributed by atoms with E-state index in [2.05, 4.69) is 36.6 Å². The number of thioether (sulfide) groups is 1. The second-order valence-electron chi connectivity index (χ2n) is 3.32. The molecule has 80 valence electrons. The molecule has 0 aliphatic carbocycles. The van der Waals surface area contributed by atoms with E-state index in [0.29, 0.717) is 5.25 Å². The summed E-state index contributed by atoms with van der Waals surface area (Å²) in [5.74, 6) is 0. The van der Waals surface area contributed by atoms with E-state index >= 15 is 0 Å². The van der Waals surface area contributed by atoms with Crippen LogP contribution >= 0.6 is 11.8 Å². The highest BCUT2D eigenvalue weighted by molar-refractivity contribution is 7.99. The van der Waals surface area contributed by atoms with Gasteiger partial charge >= 0.3 is 0 Å². The Morgan fingerprint density at radius 3 is 3.07 bits per heavy atom.